The molecular formula is C49H65N11O13S. The molecule has 74 heavy (non-hydrogen) atoms. The SMILES string of the molecule is CC(=O)N1CCC[C@H]1C(=O)N[C@@H](C)C(=O)N1CCC[C@H]1C(=O)N[C@@H](Cc1c[nH]c2ccccc12)C(=O)N[C@@H](C)C(=O)N[C@H](C(=O)N[C@@H](CS)C(=O)N[C@@H](CC(=O)O)C(=O)N[C@@H](Cc1ccccc1)C(N)=O)[C@@H](C)O. The zero-order valence-electron chi connectivity index (χ0n) is 41.4. The number of rotatable bonds is 24. The van der Waals surface area contributed by atoms with Gasteiger partial charge in [-0.15, -0.1) is 0 Å². The van der Waals surface area contributed by atoms with E-state index in [1.165, 1.54) is 30.6 Å². The molecule has 0 unspecified atom stereocenters. The molecule has 0 bridgehead atoms. The lowest BCUT2D eigenvalue weighted by Crippen LogP contribution is -2.62. The normalized spacial score (nSPS) is 18.5. The third-order valence-corrected chi connectivity index (χ3v) is 13.2. The number of hydrogen-bond donors (Lipinski definition) is 12. The van der Waals surface area contributed by atoms with Gasteiger partial charge in [0.25, 0.3) is 0 Å². The molecule has 0 aliphatic carbocycles. The molecule has 2 aromatic carbocycles. The first kappa shape index (κ1) is 57.4. The van der Waals surface area contributed by atoms with Gasteiger partial charge in [0.05, 0.1) is 12.5 Å². The maximum absolute atomic E-state index is 14.2. The molecule has 24 nitrogen and oxygen atoms in total. The van der Waals surface area contributed by atoms with Crippen LogP contribution in [0.3, 0.4) is 0 Å². The first-order valence-electron chi connectivity index (χ1n) is 24.2. The highest BCUT2D eigenvalue weighted by molar-refractivity contribution is 7.80. The lowest BCUT2D eigenvalue weighted by atomic mass is 10.0. The van der Waals surface area contributed by atoms with E-state index in [1.807, 2.05) is 18.2 Å². The van der Waals surface area contributed by atoms with E-state index < -0.39 is 132 Å². The van der Waals surface area contributed by atoms with Crippen molar-refractivity contribution in [1.29, 1.82) is 0 Å². The van der Waals surface area contributed by atoms with Gasteiger partial charge in [0.15, 0.2) is 0 Å². The van der Waals surface area contributed by atoms with E-state index in [9.17, 15) is 63.0 Å². The predicted molar refractivity (Wildman–Crippen MR) is 269 cm³/mol. The molecule has 10 amide bonds. The molecule has 25 heteroatoms. The minimum absolute atomic E-state index is 0.0420. The Morgan fingerprint density at radius 2 is 1.23 bits per heavy atom. The number of primary amides is 1. The van der Waals surface area contributed by atoms with Crippen molar-refractivity contribution in [3.05, 3.63) is 71.9 Å². The van der Waals surface area contributed by atoms with Gasteiger partial charge in [-0.1, -0.05) is 48.5 Å². The number of nitrogens with zero attached hydrogens (tertiary/aromatic N) is 2. The second-order valence-corrected chi connectivity index (χ2v) is 18.8. The molecule has 1 aromatic heterocycles. The van der Waals surface area contributed by atoms with Gasteiger partial charge in [-0.2, -0.15) is 12.6 Å². The lowest BCUT2D eigenvalue weighted by molar-refractivity contribution is -0.143. The van der Waals surface area contributed by atoms with Gasteiger partial charge >= 0.3 is 5.97 Å². The number of thiol groups is 1. The summed E-state index contributed by atoms with van der Waals surface area (Å²) in [5.41, 5.74) is 7.50. The van der Waals surface area contributed by atoms with Crippen molar-refractivity contribution in [1.82, 2.24) is 52.0 Å². The zero-order valence-corrected chi connectivity index (χ0v) is 42.3. The highest BCUT2D eigenvalue weighted by Gasteiger charge is 2.40. The summed E-state index contributed by atoms with van der Waals surface area (Å²) < 4.78 is 0. The number of aromatic amines is 1. The van der Waals surface area contributed by atoms with Gasteiger partial charge in [0.1, 0.15) is 54.4 Å². The molecule has 10 atom stereocenters. The number of nitrogens with two attached hydrogens (primary N) is 1. The van der Waals surface area contributed by atoms with E-state index in [1.54, 1.807) is 42.6 Å². The molecule has 3 heterocycles. The predicted octanol–water partition coefficient (Wildman–Crippen LogP) is -2.34. The van der Waals surface area contributed by atoms with Gasteiger partial charge in [-0.05, 0) is 63.6 Å². The molecule has 2 aliphatic heterocycles. The summed E-state index contributed by atoms with van der Waals surface area (Å²) in [7, 11) is 0. The number of aliphatic carboxylic acids is 1. The third kappa shape index (κ3) is 15.3. The van der Waals surface area contributed by atoms with Crippen LogP contribution in [-0.4, -0.2) is 169 Å². The number of carboxylic acid groups (broad SMARTS) is 1. The van der Waals surface area contributed by atoms with E-state index in [0.29, 0.717) is 36.9 Å². The third-order valence-electron chi connectivity index (χ3n) is 12.8. The quantitative estimate of drug-likeness (QED) is 0.0419. The van der Waals surface area contributed by atoms with Gasteiger partial charge in [0, 0.05) is 55.7 Å². The number of para-hydroxylation sites is 1. The number of amides is 10. The largest absolute Gasteiger partial charge is 0.481 e. The van der Waals surface area contributed by atoms with Crippen LogP contribution in [0.25, 0.3) is 10.9 Å². The standard InChI is InChI=1S/C49H65N11O13S/c1-25(42(66)58-40(27(3)61)48(72)57-36(24-74)45(69)55-35(22-39(63)64)44(68)54-33(41(50)65)20-29-12-6-5-7-13-29)52-43(67)34(21-30-23-51-32-15-9-8-14-31(30)32)56-47(71)38-17-11-19-60(38)49(73)26(2)53-46(70)37-16-10-18-59(37)28(4)62/h5-9,12-15,23,25-27,33-38,40,51,61,74H,10-11,16-22,24H2,1-4H3,(H2,50,65)(H,52,67)(H,53,70)(H,54,68)(H,55,69)(H,56,71)(H,57,72)(H,58,66)(H,63,64)/t25-,26-,27+,33-,34-,35-,36-,37-,38-,40-/m0/s1. The number of fused-ring (bicyclic) bond motifs is 1. The first-order valence-corrected chi connectivity index (χ1v) is 24.8. The second kappa shape index (κ2) is 26.4. The van der Waals surface area contributed by atoms with E-state index in [-0.39, 0.29) is 31.7 Å². The number of aliphatic hydroxyl groups excluding tert-OH is 1. The lowest BCUT2D eigenvalue weighted by Gasteiger charge is -2.30. The molecule has 3 aromatic rings. The number of likely N-dealkylation sites (tertiary alicyclic amines) is 2. The van der Waals surface area contributed by atoms with E-state index in [2.05, 4.69) is 54.8 Å². The van der Waals surface area contributed by atoms with Crippen molar-refractivity contribution in [2.24, 2.45) is 5.73 Å². The van der Waals surface area contributed by atoms with Crippen molar-refractivity contribution < 1.29 is 63.0 Å². The van der Waals surface area contributed by atoms with Crippen LogP contribution in [0.5, 0.6) is 0 Å². The summed E-state index contributed by atoms with van der Waals surface area (Å²) in [5.74, 6) is -9.87. The summed E-state index contributed by atoms with van der Waals surface area (Å²) in [6, 6.07) is 3.78. The number of carbonyl (C=O) groups is 11. The average molecular weight is 1050 g/mol. The van der Waals surface area contributed by atoms with Crippen molar-refractivity contribution in [2.75, 3.05) is 18.8 Å². The number of carboxylic acids is 1. The van der Waals surface area contributed by atoms with Crippen LogP contribution in [0.2, 0.25) is 0 Å². The van der Waals surface area contributed by atoms with E-state index >= 15 is 0 Å². The molecule has 2 aliphatic rings. The Bertz CT molecular complexity index is 2580. The Hall–Kier alpha value is -7.54. The maximum atomic E-state index is 14.2. The van der Waals surface area contributed by atoms with Crippen molar-refractivity contribution in [2.45, 2.75) is 133 Å². The van der Waals surface area contributed by atoms with Gasteiger partial charge in [-0.25, -0.2) is 0 Å². The van der Waals surface area contributed by atoms with Gasteiger partial charge in [0.2, 0.25) is 59.1 Å². The summed E-state index contributed by atoms with van der Waals surface area (Å²) in [6.07, 6.45) is 0.749. The second-order valence-electron chi connectivity index (χ2n) is 18.4. The number of carbonyl (C=O) groups excluding carboxylic acids is 10. The highest BCUT2D eigenvalue weighted by Crippen LogP contribution is 2.23. The molecule has 400 valence electrons. The Morgan fingerprint density at radius 1 is 0.662 bits per heavy atom. The molecule has 2 saturated heterocycles. The average Bonchev–Trinajstić information content (AvgIpc) is 4.15. The summed E-state index contributed by atoms with van der Waals surface area (Å²) in [4.78, 5) is 151. The topological polar surface area (TPSA) is 361 Å². The number of nitrogens with one attached hydrogen (secondary N) is 8. The van der Waals surface area contributed by atoms with E-state index in [0.717, 1.165) is 17.8 Å². The van der Waals surface area contributed by atoms with Crippen LogP contribution in [0.1, 0.15) is 70.9 Å². The minimum Gasteiger partial charge on any atom is -0.481 e. The summed E-state index contributed by atoms with van der Waals surface area (Å²) in [5, 5.41) is 38.2. The van der Waals surface area contributed by atoms with Gasteiger partial charge < -0.3 is 67.9 Å². The Morgan fingerprint density at radius 3 is 1.85 bits per heavy atom. The van der Waals surface area contributed by atoms with Crippen LogP contribution in [-0.2, 0) is 65.6 Å². The first-order chi connectivity index (χ1) is 35.1. The highest BCUT2D eigenvalue weighted by atomic mass is 32.1. The maximum Gasteiger partial charge on any atom is 0.305 e. The molecular weight excluding hydrogens is 983 g/mol. The fourth-order valence-corrected chi connectivity index (χ4v) is 9.11. The van der Waals surface area contributed by atoms with Crippen LogP contribution >= 0.6 is 12.6 Å². The monoisotopic (exact) mass is 1050 g/mol. The summed E-state index contributed by atoms with van der Waals surface area (Å²) in [6.45, 7) is 5.91. The number of benzene rings is 2. The van der Waals surface area contributed by atoms with Crippen LogP contribution in [0.15, 0.2) is 60.8 Å². The van der Waals surface area contributed by atoms with Crippen molar-refractivity contribution in [3.63, 3.8) is 0 Å². The summed E-state index contributed by atoms with van der Waals surface area (Å²) >= 11 is 4.12. The number of hydrogen-bond acceptors (Lipinski definition) is 13. The molecule has 2 fully saturated rings. The smallest absolute Gasteiger partial charge is 0.305 e. The number of H-pyrrole nitrogens is 1. The fraction of sp³-hybridized carbons (Fsp3) is 0.490. The van der Waals surface area contributed by atoms with Gasteiger partial charge in [-0.3, -0.25) is 52.7 Å². The minimum atomic E-state index is -1.76. The molecule has 0 spiro atoms. The van der Waals surface area contributed by atoms with Crippen LogP contribution in [0.4, 0.5) is 0 Å². The molecule has 12 N–H and O–H groups in total. The zero-order chi connectivity index (χ0) is 54.4. The van der Waals surface area contributed by atoms with Crippen LogP contribution in [0, 0.1) is 0 Å². The number of aliphatic hydroxyl groups is 1. The molecule has 5 rings (SSSR count). The van der Waals surface area contributed by atoms with Crippen molar-refractivity contribution in [3.8, 4) is 0 Å². The van der Waals surface area contributed by atoms with Crippen LogP contribution < -0.4 is 43.0 Å². The Labute approximate surface area is 431 Å². The number of aromatic nitrogens is 1. The Kier molecular flexibility index (Phi) is 20.5. The Balaban J connectivity index is 1.24. The molecule has 0 radical (unpaired) electrons. The molecule has 0 saturated carbocycles. The van der Waals surface area contributed by atoms with E-state index in [4.69, 9.17) is 5.73 Å². The fourth-order valence-electron chi connectivity index (χ4n) is 8.86. The van der Waals surface area contributed by atoms with Crippen molar-refractivity contribution >= 4 is 88.6 Å².